The van der Waals surface area contributed by atoms with E-state index >= 15 is 0 Å². The van der Waals surface area contributed by atoms with Crippen molar-refractivity contribution in [1.82, 2.24) is 14.8 Å². The lowest BCUT2D eigenvalue weighted by atomic mass is 10.1. The molecule has 2 aromatic carbocycles. The highest BCUT2D eigenvalue weighted by atomic mass is 35.5. The van der Waals surface area contributed by atoms with Gasteiger partial charge in [0.15, 0.2) is 0 Å². The molecule has 9 heteroatoms. The van der Waals surface area contributed by atoms with E-state index in [0.29, 0.717) is 6.54 Å². The number of aromatic nitrogens is 1. The molecule has 1 atom stereocenters. The van der Waals surface area contributed by atoms with Gasteiger partial charge in [0.05, 0.1) is 37.4 Å². The predicted molar refractivity (Wildman–Crippen MR) is 115 cm³/mol. The first kappa shape index (κ1) is 19.5. The van der Waals surface area contributed by atoms with E-state index < -0.39 is 11.8 Å². The van der Waals surface area contributed by atoms with E-state index in [9.17, 15) is 14.4 Å². The fraction of sp³-hybridized carbons (Fsp3) is 0.238. The Kier molecular flexibility index (Phi) is 4.76. The molecule has 2 aliphatic heterocycles. The van der Waals surface area contributed by atoms with Gasteiger partial charge in [-0.25, -0.2) is 4.98 Å². The van der Waals surface area contributed by atoms with Gasteiger partial charge in [-0.2, -0.15) is 0 Å². The van der Waals surface area contributed by atoms with Crippen LogP contribution in [0, 0.1) is 0 Å². The highest BCUT2D eigenvalue weighted by Crippen LogP contribution is 2.37. The number of hydrogen-bond acceptors (Lipinski definition) is 5. The Balaban J connectivity index is 1.38. The summed E-state index contributed by atoms with van der Waals surface area (Å²) in [5, 5.41) is 1.27. The Labute approximate surface area is 186 Å². The molecule has 152 valence electrons. The quantitative estimate of drug-likeness (QED) is 0.538. The molecule has 5 rings (SSSR count). The topological polar surface area (TPSA) is 70.6 Å². The number of rotatable bonds is 3. The zero-order valence-electron chi connectivity index (χ0n) is 15.6. The van der Waals surface area contributed by atoms with Crippen molar-refractivity contribution in [3.05, 3.63) is 62.6 Å². The summed E-state index contributed by atoms with van der Waals surface area (Å²) >= 11 is 13.5. The first-order valence-electron chi connectivity index (χ1n) is 9.44. The molecule has 0 radical (unpaired) electrons. The zero-order chi connectivity index (χ0) is 21.0. The molecule has 1 unspecified atom stereocenters. The Hall–Kier alpha value is -2.48. The van der Waals surface area contributed by atoms with Crippen LogP contribution < -0.4 is 0 Å². The van der Waals surface area contributed by atoms with Gasteiger partial charge in [0.1, 0.15) is 11.6 Å². The van der Waals surface area contributed by atoms with Gasteiger partial charge in [-0.15, -0.1) is 11.3 Å². The van der Waals surface area contributed by atoms with Gasteiger partial charge >= 0.3 is 0 Å². The minimum Gasteiger partial charge on any atom is -0.332 e. The molecule has 3 amide bonds. The van der Waals surface area contributed by atoms with Crippen molar-refractivity contribution in [2.75, 3.05) is 13.1 Å². The number of carbonyl (C=O) groups excluding carboxylic acids is 3. The molecule has 0 spiro atoms. The molecule has 0 saturated carbocycles. The second-order valence-electron chi connectivity index (χ2n) is 7.27. The Morgan fingerprint density at radius 3 is 2.43 bits per heavy atom. The van der Waals surface area contributed by atoms with Gasteiger partial charge in [-0.05, 0) is 37.1 Å². The van der Waals surface area contributed by atoms with E-state index in [1.54, 1.807) is 16.2 Å². The highest BCUT2D eigenvalue weighted by molar-refractivity contribution is 7.18. The molecule has 2 aliphatic rings. The van der Waals surface area contributed by atoms with Gasteiger partial charge in [0.25, 0.3) is 11.8 Å². The van der Waals surface area contributed by atoms with Crippen molar-refractivity contribution in [3.63, 3.8) is 0 Å². The van der Waals surface area contributed by atoms with E-state index in [-0.39, 0.29) is 39.7 Å². The number of carbonyl (C=O) groups is 3. The standard InChI is InChI=1S/C21H15Cl2N3O3S/c22-13-8-11-12(9-14(13)23)21(29)26(20(11)28)10-18(27)25-7-3-5-16(25)19-24-15-4-1-2-6-17(15)30-19/h1-2,4,6,8-9,16H,3,5,7,10H2. The van der Waals surface area contributed by atoms with Gasteiger partial charge in [0.2, 0.25) is 5.91 Å². The number of fused-ring (bicyclic) bond motifs is 2. The third kappa shape index (κ3) is 3.09. The number of halogens is 2. The predicted octanol–water partition coefficient (Wildman–Crippen LogP) is 4.56. The van der Waals surface area contributed by atoms with Crippen LogP contribution in [0.25, 0.3) is 10.2 Å². The van der Waals surface area contributed by atoms with Crippen LogP contribution in [0.1, 0.15) is 44.6 Å². The van der Waals surface area contributed by atoms with Crippen molar-refractivity contribution in [1.29, 1.82) is 0 Å². The van der Waals surface area contributed by atoms with E-state index in [0.717, 1.165) is 33.0 Å². The molecule has 0 bridgehead atoms. The highest BCUT2D eigenvalue weighted by Gasteiger charge is 2.40. The van der Waals surface area contributed by atoms with Crippen LogP contribution in [-0.4, -0.2) is 45.6 Å². The summed E-state index contributed by atoms with van der Waals surface area (Å²) in [6, 6.07) is 10.5. The van der Waals surface area contributed by atoms with E-state index in [1.807, 2.05) is 24.3 Å². The smallest absolute Gasteiger partial charge is 0.262 e. The van der Waals surface area contributed by atoms with Crippen LogP contribution >= 0.6 is 34.5 Å². The summed E-state index contributed by atoms with van der Waals surface area (Å²) in [4.78, 5) is 45.9. The van der Waals surface area contributed by atoms with Crippen molar-refractivity contribution >= 4 is 62.5 Å². The summed E-state index contributed by atoms with van der Waals surface area (Å²) in [6.45, 7) is 0.253. The van der Waals surface area contributed by atoms with Crippen molar-refractivity contribution in [3.8, 4) is 0 Å². The minimum atomic E-state index is -0.530. The maximum Gasteiger partial charge on any atom is 0.262 e. The van der Waals surface area contributed by atoms with Gasteiger partial charge < -0.3 is 4.90 Å². The van der Waals surface area contributed by atoms with E-state index in [1.165, 1.54) is 12.1 Å². The van der Waals surface area contributed by atoms with E-state index in [2.05, 4.69) is 4.98 Å². The molecule has 6 nitrogen and oxygen atoms in total. The van der Waals surface area contributed by atoms with Crippen LogP contribution in [0.4, 0.5) is 0 Å². The second kappa shape index (κ2) is 7.34. The second-order valence-corrected chi connectivity index (χ2v) is 9.15. The minimum absolute atomic E-state index is 0.144. The van der Waals surface area contributed by atoms with Crippen LogP contribution in [0.5, 0.6) is 0 Å². The van der Waals surface area contributed by atoms with Crippen molar-refractivity contribution in [2.24, 2.45) is 0 Å². The number of hydrogen-bond donors (Lipinski definition) is 0. The first-order chi connectivity index (χ1) is 14.4. The fourth-order valence-electron chi connectivity index (χ4n) is 4.01. The molecular formula is C21H15Cl2N3O3S. The maximum absolute atomic E-state index is 13.1. The van der Waals surface area contributed by atoms with Crippen LogP contribution in [0.3, 0.4) is 0 Å². The number of likely N-dealkylation sites (tertiary alicyclic amines) is 1. The maximum atomic E-state index is 13.1. The lowest BCUT2D eigenvalue weighted by Crippen LogP contribution is -2.42. The Morgan fingerprint density at radius 2 is 1.77 bits per heavy atom. The number of thiazole rings is 1. The molecule has 0 aliphatic carbocycles. The summed E-state index contributed by atoms with van der Waals surface area (Å²) in [7, 11) is 0. The number of imide groups is 1. The van der Waals surface area contributed by atoms with Gasteiger partial charge in [-0.3, -0.25) is 19.3 Å². The normalized spacial score (nSPS) is 18.5. The van der Waals surface area contributed by atoms with E-state index in [4.69, 9.17) is 23.2 Å². The molecule has 0 N–H and O–H groups in total. The number of amides is 3. The molecular weight excluding hydrogens is 445 g/mol. The van der Waals surface area contributed by atoms with Crippen LogP contribution in [0.2, 0.25) is 10.0 Å². The Bertz CT molecular complexity index is 1150. The third-order valence-corrected chi connectivity index (χ3v) is 7.33. The molecule has 1 fully saturated rings. The number of para-hydroxylation sites is 1. The molecule has 1 aromatic heterocycles. The SMILES string of the molecule is O=C1c2cc(Cl)c(Cl)cc2C(=O)N1CC(=O)N1CCCC1c1nc2ccccc2s1. The number of benzene rings is 2. The lowest BCUT2D eigenvalue weighted by molar-refractivity contribution is -0.132. The summed E-state index contributed by atoms with van der Waals surface area (Å²) in [6.07, 6.45) is 1.65. The van der Waals surface area contributed by atoms with Gasteiger partial charge in [0, 0.05) is 6.54 Å². The van der Waals surface area contributed by atoms with Crippen molar-refractivity contribution < 1.29 is 14.4 Å². The van der Waals surface area contributed by atoms with Gasteiger partial charge in [-0.1, -0.05) is 35.3 Å². The largest absolute Gasteiger partial charge is 0.332 e. The third-order valence-electron chi connectivity index (χ3n) is 5.47. The van der Waals surface area contributed by atoms with Crippen LogP contribution in [0.15, 0.2) is 36.4 Å². The van der Waals surface area contributed by atoms with Crippen molar-refractivity contribution in [2.45, 2.75) is 18.9 Å². The summed E-state index contributed by atoms with van der Waals surface area (Å²) < 4.78 is 1.07. The molecule has 30 heavy (non-hydrogen) atoms. The monoisotopic (exact) mass is 459 g/mol. The molecule has 3 aromatic rings. The lowest BCUT2D eigenvalue weighted by Gasteiger charge is -2.25. The Morgan fingerprint density at radius 1 is 1.10 bits per heavy atom. The average molecular weight is 460 g/mol. The zero-order valence-corrected chi connectivity index (χ0v) is 17.9. The number of nitrogens with zero attached hydrogens (tertiary/aromatic N) is 3. The first-order valence-corrected chi connectivity index (χ1v) is 11.0. The average Bonchev–Trinajstić information content (AvgIpc) is 3.43. The molecule has 1 saturated heterocycles. The van der Waals surface area contributed by atoms with Crippen LogP contribution in [-0.2, 0) is 4.79 Å². The summed E-state index contributed by atoms with van der Waals surface area (Å²) in [5.74, 6) is -1.33. The summed E-state index contributed by atoms with van der Waals surface area (Å²) in [5.41, 5.74) is 1.25. The molecule has 3 heterocycles. The fourth-order valence-corrected chi connectivity index (χ4v) is 5.45.